The number of unbranched alkanes of at least 4 members (excludes halogenated alkanes) is 2. The number of ether oxygens (including phenoxy) is 4. The summed E-state index contributed by atoms with van der Waals surface area (Å²) in [4.78, 5) is 22.4. The molecule has 0 amide bonds. The number of hydrogen-bond acceptors (Lipinski definition) is 8. The molecule has 1 unspecified atom stereocenters. The third-order valence-electron chi connectivity index (χ3n) is 4.41. The number of carbonyl (C=O) groups excluding carboxylic acids is 2. The maximum Gasteiger partial charge on any atom is 0.305 e. The lowest BCUT2D eigenvalue weighted by Gasteiger charge is -2.18. The van der Waals surface area contributed by atoms with E-state index in [1.165, 1.54) is 14.0 Å². The highest BCUT2D eigenvalue weighted by molar-refractivity contribution is 7.89. The summed E-state index contributed by atoms with van der Waals surface area (Å²) in [5, 5.41) is 0. The second-order valence-corrected chi connectivity index (χ2v) is 9.07. The molecular formula is C23H33NO8S. The maximum absolute atomic E-state index is 12.1. The Morgan fingerprint density at radius 1 is 1.09 bits per heavy atom. The Balaban J connectivity index is 2.33. The van der Waals surface area contributed by atoms with E-state index in [9.17, 15) is 18.0 Å². The van der Waals surface area contributed by atoms with Gasteiger partial charge in [-0.15, -0.1) is 5.92 Å². The highest BCUT2D eigenvalue weighted by atomic mass is 32.2. The highest BCUT2D eigenvalue weighted by Gasteiger charge is 2.15. The average molecular weight is 484 g/mol. The SMILES string of the molecule is COC(=O)CCCC#CCNS(=O)(=O)CCCCC(COc1cccc(OC)c1)OC(C)=O. The molecule has 10 heteroatoms. The fourth-order valence-electron chi connectivity index (χ4n) is 2.75. The van der Waals surface area contributed by atoms with Crippen LogP contribution >= 0.6 is 0 Å². The van der Waals surface area contributed by atoms with E-state index in [4.69, 9.17) is 14.2 Å². The zero-order valence-electron chi connectivity index (χ0n) is 19.4. The van der Waals surface area contributed by atoms with Crippen molar-refractivity contribution in [1.29, 1.82) is 0 Å². The van der Waals surface area contributed by atoms with Crippen molar-refractivity contribution in [3.05, 3.63) is 24.3 Å². The van der Waals surface area contributed by atoms with Gasteiger partial charge in [0.25, 0.3) is 0 Å². The Labute approximate surface area is 196 Å². The first-order valence-corrected chi connectivity index (χ1v) is 12.3. The van der Waals surface area contributed by atoms with Gasteiger partial charge in [-0.2, -0.15) is 0 Å². The first kappa shape index (κ1) is 28.3. The second-order valence-electron chi connectivity index (χ2n) is 7.14. The van der Waals surface area contributed by atoms with Crippen molar-refractivity contribution in [1.82, 2.24) is 4.72 Å². The molecule has 0 aliphatic heterocycles. The maximum atomic E-state index is 12.1. The molecule has 1 aromatic carbocycles. The number of esters is 2. The van der Waals surface area contributed by atoms with Crippen LogP contribution in [0.25, 0.3) is 0 Å². The van der Waals surface area contributed by atoms with Crippen molar-refractivity contribution in [3.8, 4) is 23.3 Å². The first-order valence-electron chi connectivity index (χ1n) is 10.7. The monoisotopic (exact) mass is 483 g/mol. The van der Waals surface area contributed by atoms with Crippen LogP contribution in [0.15, 0.2) is 24.3 Å². The Hall–Kier alpha value is -2.77. The zero-order chi connectivity index (χ0) is 24.5. The standard InChI is InChI=1S/C23H33NO8S/c1-19(25)32-22(18-31-21-13-10-12-20(17-21)29-2)11-7-9-16-33(27,28)24-15-8-5-4-6-14-23(26)30-3/h10,12-13,17,22,24H,4,6-7,9,11,14-16,18H2,1-3H3. The molecule has 1 N–H and O–H groups in total. The van der Waals surface area contributed by atoms with Crippen LogP contribution in [0.1, 0.15) is 45.4 Å². The first-order chi connectivity index (χ1) is 15.8. The lowest BCUT2D eigenvalue weighted by Crippen LogP contribution is -2.27. The Morgan fingerprint density at radius 2 is 1.85 bits per heavy atom. The number of methoxy groups -OCH3 is 2. The molecule has 1 rings (SSSR count). The van der Waals surface area contributed by atoms with Crippen LogP contribution in [0.2, 0.25) is 0 Å². The molecule has 0 saturated heterocycles. The van der Waals surface area contributed by atoms with Crippen molar-refractivity contribution in [3.63, 3.8) is 0 Å². The van der Waals surface area contributed by atoms with Crippen molar-refractivity contribution < 1.29 is 37.0 Å². The van der Waals surface area contributed by atoms with E-state index in [1.807, 2.05) is 0 Å². The molecule has 0 saturated carbocycles. The molecule has 0 bridgehead atoms. The van der Waals surface area contributed by atoms with Gasteiger partial charge in [0.05, 0.1) is 26.5 Å². The summed E-state index contributed by atoms with van der Waals surface area (Å²) in [6, 6.07) is 7.08. The van der Waals surface area contributed by atoms with Crippen molar-refractivity contribution in [2.75, 3.05) is 33.1 Å². The van der Waals surface area contributed by atoms with Crippen LogP contribution in [0.4, 0.5) is 0 Å². The van der Waals surface area contributed by atoms with E-state index in [0.29, 0.717) is 43.6 Å². The molecule has 0 aromatic heterocycles. The number of hydrogen-bond donors (Lipinski definition) is 1. The largest absolute Gasteiger partial charge is 0.497 e. The van der Waals surface area contributed by atoms with E-state index < -0.39 is 22.1 Å². The third-order valence-corrected chi connectivity index (χ3v) is 5.83. The predicted octanol–water partition coefficient (Wildman–Crippen LogP) is 2.44. The molecule has 33 heavy (non-hydrogen) atoms. The van der Waals surface area contributed by atoms with Gasteiger partial charge < -0.3 is 18.9 Å². The molecule has 1 aromatic rings. The zero-order valence-corrected chi connectivity index (χ0v) is 20.2. The van der Waals surface area contributed by atoms with Gasteiger partial charge in [-0.05, 0) is 37.8 Å². The summed E-state index contributed by atoms with van der Waals surface area (Å²) in [6.45, 7) is 1.50. The van der Waals surface area contributed by atoms with Gasteiger partial charge in [-0.1, -0.05) is 12.0 Å². The summed E-state index contributed by atoms with van der Waals surface area (Å²) in [7, 11) is -0.567. The minimum Gasteiger partial charge on any atom is -0.497 e. The number of benzene rings is 1. The quantitative estimate of drug-likeness (QED) is 0.230. The Morgan fingerprint density at radius 3 is 2.55 bits per heavy atom. The van der Waals surface area contributed by atoms with Gasteiger partial charge in [0.15, 0.2) is 0 Å². The van der Waals surface area contributed by atoms with E-state index in [0.717, 1.165) is 0 Å². The molecule has 0 spiro atoms. The minimum atomic E-state index is -3.46. The van der Waals surface area contributed by atoms with Gasteiger partial charge in [-0.3, -0.25) is 9.59 Å². The molecule has 0 aliphatic carbocycles. The number of rotatable bonds is 15. The molecule has 1 atom stereocenters. The van der Waals surface area contributed by atoms with Gasteiger partial charge in [-0.25, -0.2) is 13.1 Å². The molecule has 0 heterocycles. The molecule has 0 radical (unpaired) electrons. The average Bonchev–Trinajstić information content (AvgIpc) is 2.79. The van der Waals surface area contributed by atoms with Gasteiger partial charge in [0.1, 0.15) is 24.2 Å². The molecular weight excluding hydrogens is 450 g/mol. The third kappa shape index (κ3) is 14.1. The highest BCUT2D eigenvalue weighted by Crippen LogP contribution is 2.19. The summed E-state index contributed by atoms with van der Waals surface area (Å²) < 4.78 is 47.3. The molecule has 0 fully saturated rings. The van der Waals surface area contributed by atoms with Crippen molar-refractivity contribution in [2.45, 2.75) is 51.6 Å². The lowest BCUT2D eigenvalue weighted by atomic mass is 10.2. The van der Waals surface area contributed by atoms with Crippen LogP contribution in [0.5, 0.6) is 11.5 Å². The van der Waals surface area contributed by atoms with Crippen LogP contribution in [-0.4, -0.2) is 59.6 Å². The molecule has 9 nitrogen and oxygen atoms in total. The summed E-state index contributed by atoms with van der Waals surface area (Å²) in [6.07, 6.45) is 2.27. The Kier molecular flexibility index (Phi) is 13.7. The number of nitrogens with one attached hydrogen (secondary N) is 1. The van der Waals surface area contributed by atoms with Crippen LogP contribution in [0.3, 0.4) is 0 Å². The van der Waals surface area contributed by atoms with E-state index in [-0.39, 0.29) is 31.3 Å². The summed E-state index contributed by atoms with van der Waals surface area (Å²) in [5.74, 6) is 6.02. The molecule has 184 valence electrons. The van der Waals surface area contributed by atoms with Crippen molar-refractivity contribution >= 4 is 22.0 Å². The van der Waals surface area contributed by atoms with E-state index in [2.05, 4.69) is 21.3 Å². The van der Waals surface area contributed by atoms with Gasteiger partial charge >= 0.3 is 11.9 Å². The Bertz CT molecular complexity index is 905. The lowest BCUT2D eigenvalue weighted by molar-refractivity contribution is -0.148. The summed E-state index contributed by atoms with van der Waals surface area (Å²) in [5.41, 5.74) is 0. The topological polar surface area (TPSA) is 117 Å². The van der Waals surface area contributed by atoms with Crippen LogP contribution in [0, 0.1) is 11.8 Å². The minimum absolute atomic E-state index is 0.0189. The van der Waals surface area contributed by atoms with Gasteiger partial charge in [0, 0.05) is 25.8 Å². The van der Waals surface area contributed by atoms with E-state index in [1.54, 1.807) is 31.4 Å². The number of carbonyl (C=O) groups is 2. The van der Waals surface area contributed by atoms with E-state index >= 15 is 0 Å². The van der Waals surface area contributed by atoms with Crippen LogP contribution in [-0.2, 0) is 29.1 Å². The van der Waals surface area contributed by atoms with Gasteiger partial charge in [0.2, 0.25) is 10.0 Å². The predicted molar refractivity (Wildman–Crippen MR) is 123 cm³/mol. The smallest absolute Gasteiger partial charge is 0.305 e. The fourth-order valence-corrected chi connectivity index (χ4v) is 3.77. The summed E-state index contributed by atoms with van der Waals surface area (Å²) >= 11 is 0. The normalized spacial score (nSPS) is 11.6. The molecule has 0 aliphatic rings. The second kappa shape index (κ2) is 15.9. The fraction of sp³-hybridized carbons (Fsp3) is 0.565. The van der Waals surface area contributed by atoms with Crippen molar-refractivity contribution in [2.24, 2.45) is 0 Å². The van der Waals surface area contributed by atoms with Crippen LogP contribution < -0.4 is 14.2 Å². The number of sulfonamides is 1.